The quantitative estimate of drug-likeness (QED) is 0.746. The standard InChI is InChI=1S/C11H18N2O2S/c1-3-4-5-6-16-8-10-9(11(14)15)7-12-13(10)2/h7H,3-6,8H2,1-2H3,(H,14,15). The summed E-state index contributed by atoms with van der Waals surface area (Å²) in [5.74, 6) is 0.914. The smallest absolute Gasteiger partial charge is 0.339 e. The van der Waals surface area contributed by atoms with Crippen LogP contribution < -0.4 is 0 Å². The minimum atomic E-state index is -0.891. The number of hydrogen-bond acceptors (Lipinski definition) is 3. The van der Waals surface area contributed by atoms with Crippen LogP contribution in [0.15, 0.2) is 6.20 Å². The lowest BCUT2D eigenvalue weighted by atomic mass is 10.3. The summed E-state index contributed by atoms with van der Waals surface area (Å²) in [6.45, 7) is 2.17. The molecule has 0 amide bonds. The van der Waals surface area contributed by atoms with Gasteiger partial charge in [-0.25, -0.2) is 4.79 Å². The predicted molar refractivity (Wildman–Crippen MR) is 65.9 cm³/mol. The molecule has 0 saturated heterocycles. The molecule has 16 heavy (non-hydrogen) atoms. The van der Waals surface area contributed by atoms with Gasteiger partial charge in [-0.15, -0.1) is 0 Å². The molecule has 4 nitrogen and oxygen atoms in total. The number of hydrogen-bond donors (Lipinski definition) is 1. The van der Waals surface area contributed by atoms with E-state index in [9.17, 15) is 4.79 Å². The van der Waals surface area contributed by atoms with Crippen molar-refractivity contribution in [2.75, 3.05) is 5.75 Å². The fraction of sp³-hybridized carbons (Fsp3) is 0.636. The van der Waals surface area contributed by atoms with Gasteiger partial charge >= 0.3 is 5.97 Å². The number of aryl methyl sites for hydroxylation is 1. The summed E-state index contributed by atoms with van der Waals surface area (Å²) in [5, 5.41) is 12.9. The van der Waals surface area contributed by atoms with Gasteiger partial charge in [0.2, 0.25) is 0 Å². The molecule has 0 saturated carbocycles. The molecule has 1 aromatic heterocycles. The lowest BCUT2D eigenvalue weighted by molar-refractivity contribution is 0.0696. The normalized spacial score (nSPS) is 10.6. The van der Waals surface area contributed by atoms with E-state index in [2.05, 4.69) is 12.0 Å². The van der Waals surface area contributed by atoms with Crippen molar-refractivity contribution >= 4 is 17.7 Å². The van der Waals surface area contributed by atoms with Crippen LogP contribution in [0.1, 0.15) is 42.2 Å². The van der Waals surface area contributed by atoms with E-state index >= 15 is 0 Å². The van der Waals surface area contributed by atoms with E-state index in [1.165, 1.54) is 25.5 Å². The van der Waals surface area contributed by atoms with Gasteiger partial charge in [-0.1, -0.05) is 19.8 Å². The zero-order chi connectivity index (χ0) is 12.0. The zero-order valence-electron chi connectivity index (χ0n) is 9.77. The largest absolute Gasteiger partial charge is 0.478 e. The molecule has 1 aromatic rings. The number of carbonyl (C=O) groups is 1. The van der Waals surface area contributed by atoms with E-state index in [-0.39, 0.29) is 0 Å². The molecule has 90 valence electrons. The van der Waals surface area contributed by atoms with Crippen molar-refractivity contribution in [3.8, 4) is 0 Å². The highest BCUT2D eigenvalue weighted by Crippen LogP contribution is 2.17. The first-order chi connectivity index (χ1) is 7.66. The van der Waals surface area contributed by atoms with Crippen LogP contribution in [0.3, 0.4) is 0 Å². The first-order valence-corrected chi connectivity index (χ1v) is 6.64. The topological polar surface area (TPSA) is 55.1 Å². The van der Waals surface area contributed by atoms with Crippen molar-refractivity contribution in [1.82, 2.24) is 9.78 Å². The van der Waals surface area contributed by atoms with E-state index in [4.69, 9.17) is 5.11 Å². The Hall–Kier alpha value is -0.970. The fourth-order valence-electron chi connectivity index (χ4n) is 1.44. The van der Waals surface area contributed by atoms with Crippen LogP contribution >= 0.6 is 11.8 Å². The number of nitrogens with zero attached hydrogens (tertiary/aromatic N) is 2. The third-order valence-corrected chi connectivity index (χ3v) is 3.48. The number of unbranched alkanes of at least 4 members (excludes halogenated alkanes) is 2. The van der Waals surface area contributed by atoms with Crippen molar-refractivity contribution in [2.45, 2.75) is 31.9 Å². The number of carboxylic acids is 1. The lowest BCUT2D eigenvalue weighted by Crippen LogP contribution is -2.03. The molecule has 0 atom stereocenters. The van der Waals surface area contributed by atoms with E-state index < -0.39 is 5.97 Å². The molecule has 0 aromatic carbocycles. The van der Waals surface area contributed by atoms with Gasteiger partial charge < -0.3 is 5.11 Å². The first kappa shape index (κ1) is 13.1. The summed E-state index contributed by atoms with van der Waals surface area (Å²) in [6.07, 6.45) is 5.07. The highest BCUT2D eigenvalue weighted by Gasteiger charge is 2.14. The minimum absolute atomic E-state index is 0.325. The molecule has 0 fully saturated rings. The third-order valence-electron chi connectivity index (χ3n) is 2.42. The number of aromatic carboxylic acids is 1. The van der Waals surface area contributed by atoms with Crippen LogP contribution in [-0.2, 0) is 12.8 Å². The molecule has 0 unspecified atom stereocenters. The highest BCUT2D eigenvalue weighted by molar-refractivity contribution is 7.98. The predicted octanol–water partition coefficient (Wildman–Crippen LogP) is 2.54. The molecule has 0 aliphatic rings. The van der Waals surface area contributed by atoms with Gasteiger partial charge in [0.15, 0.2) is 0 Å². The van der Waals surface area contributed by atoms with Crippen molar-refractivity contribution in [1.29, 1.82) is 0 Å². The molecule has 5 heteroatoms. The van der Waals surface area contributed by atoms with Crippen molar-refractivity contribution in [3.05, 3.63) is 17.5 Å². The molecule has 0 spiro atoms. The van der Waals surface area contributed by atoms with Crippen LogP contribution in [0.5, 0.6) is 0 Å². The van der Waals surface area contributed by atoms with E-state index in [0.717, 1.165) is 17.2 Å². The van der Waals surface area contributed by atoms with E-state index in [1.54, 1.807) is 23.5 Å². The molecular weight excluding hydrogens is 224 g/mol. The molecular formula is C11H18N2O2S. The minimum Gasteiger partial charge on any atom is -0.478 e. The lowest BCUT2D eigenvalue weighted by Gasteiger charge is -2.03. The number of rotatable bonds is 7. The number of aromatic nitrogens is 2. The van der Waals surface area contributed by atoms with Crippen LogP contribution in [-0.4, -0.2) is 26.6 Å². The molecule has 0 aliphatic heterocycles. The van der Waals surface area contributed by atoms with Crippen LogP contribution in [0.2, 0.25) is 0 Å². The van der Waals surface area contributed by atoms with E-state index in [1.807, 2.05) is 0 Å². The zero-order valence-corrected chi connectivity index (χ0v) is 10.6. The Kier molecular flexibility index (Phi) is 5.38. The average molecular weight is 242 g/mol. The highest BCUT2D eigenvalue weighted by atomic mass is 32.2. The Morgan fingerprint density at radius 2 is 2.31 bits per heavy atom. The Labute approximate surface area is 100 Å². The van der Waals surface area contributed by atoms with Gasteiger partial charge in [0, 0.05) is 12.8 Å². The average Bonchev–Trinajstić information content (AvgIpc) is 2.60. The second kappa shape index (κ2) is 6.58. The van der Waals surface area contributed by atoms with Gasteiger partial charge in [-0.2, -0.15) is 16.9 Å². The van der Waals surface area contributed by atoms with Gasteiger partial charge in [-0.3, -0.25) is 4.68 Å². The maximum absolute atomic E-state index is 10.9. The Morgan fingerprint density at radius 1 is 1.56 bits per heavy atom. The summed E-state index contributed by atoms with van der Waals surface area (Å²) in [5.41, 5.74) is 1.12. The second-order valence-electron chi connectivity index (χ2n) is 3.69. The third kappa shape index (κ3) is 3.56. The molecule has 0 aliphatic carbocycles. The maximum Gasteiger partial charge on any atom is 0.339 e. The first-order valence-electron chi connectivity index (χ1n) is 5.48. The van der Waals surface area contributed by atoms with Gasteiger partial charge in [0.1, 0.15) is 5.56 Å². The van der Waals surface area contributed by atoms with Crippen LogP contribution in [0.25, 0.3) is 0 Å². The molecule has 0 bridgehead atoms. The van der Waals surface area contributed by atoms with Crippen molar-refractivity contribution < 1.29 is 9.90 Å². The fourth-order valence-corrected chi connectivity index (χ4v) is 2.52. The molecule has 0 radical (unpaired) electrons. The molecule has 1 rings (SSSR count). The Bertz CT molecular complexity index is 350. The van der Waals surface area contributed by atoms with Gasteiger partial charge in [0.05, 0.1) is 11.9 Å². The van der Waals surface area contributed by atoms with Gasteiger partial charge in [0.25, 0.3) is 0 Å². The number of carboxylic acid groups (broad SMARTS) is 1. The SMILES string of the molecule is CCCCCSCc1c(C(=O)O)cnn1C. The Morgan fingerprint density at radius 3 is 2.94 bits per heavy atom. The summed E-state index contributed by atoms with van der Waals surface area (Å²) in [6, 6.07) is 0. The van der Waals surface area contributed by atoms with Crippen LogP contribution in [0, 0.1) is 0 Å². The molecule has 1 N–H and O–H groups in total. The second-order valence-corrected chi connectivity index (χ2v) is 4.80. The molecule has 1 heterocycles. The summed E-state index contributed by atoms with van der Waals surface area (Å²) in [7, 11) is 1.79. The van der Waals surface area contributed by atoms with Crippen LogP contribution in [0.4, 0.5) is 0 Å². The van der Waals surface area contributed by atoms with Crippen molar-refractivity contribution in [3.63, 3.8) is 0 Å². The maximum atomic E-state index is 10.9. The summed E-state index contributed by atoms with van der Waals surface area (Å²) >= 11 is 1.77. The van der Waals surface area contributed by atoms with Gasteiger partial charge in [-0.05, 0) is 12.2 Å². The summed E-state index contributed by atoms with van der Waals surface area (Å²) in [4.78, 5) is 10.9. The number of thioether (sulfide) groups is 1. The summed E-state index contributed by atoms with van der Waals surface area (Å²) < 4.78 is 1.65. The Balaban J connectivity index is 2.46. The monoisotopic (exact) mass is 242 g/mol. The van der Waals surface area contributed by atoms with E-state index in [0.29, 0.717) is 5.56 Å². The van der Waals surface area contributed by atoms with Crippen molar-refractivity contribution in [2.24, 2.45) is 7.05 Å².